The van der Waals surface area contributed by atoms with Crippen molar-refractivity contribution in [2.45, 2.75) is 17.9 Å². The van der Waals surface area contributed by atoms with Crippen LogP contribution in [-0.4, -0.2) is 32.8 Å². The van der Waals surface area contributed by atoms with Crippen LogP contribution >= 0.6 is 27.5 Å². The molecule has 0 radical (unpaired) electrons. The van der Waals surface area contributed by atoms with E-state index in [4.69, 9.17) is 11.6 Å². The zero-order valence-corrected chi connectivity index (χ0v) is 16.7. The zero-order chi connectivity index (χ0) is 18.4. The summed E-state index contributed by atoms with van der Waals surface area (Å²) in [5.41, 5.74) is 1.01. The van der Waals surface area contributed by atoms with Gasteiger partial charge in [0.15, 0.2) is 0 Å². The van der Waals surface area contributed by atoms with Gasteiger partial charge in [0.2, 0.25) is 15.9 Å². The summed E-state index contributed by atoms with van der Waals surface area (Å²) in [5, 5.41) is 0.128. The second kappa shape index (κ2) is 8.80. The van der Waals surface area contributed by atoms with E-state index in [1.165, 1.54) is 12.1 Å². The van der Waals surface area contributed by atoms with Crippen molar-refractivity contribution < 1.29 is 13.2 Å². The molecule has 0 spiro atoms. The Morgan fingerprint density at radius 1 is 1.20 bits per heavy atom. The first-order valence-electron chi connectivity index (χ1n) is 7.52. The molecular weight excluding hydrogens is 428 g/mol. The van der Waals surface area contributed by atoms with Gasteiger partial charge >= 0.3 is 0 Å². The van der Waals surface area contributed by atoms with Crippen LogP contribution in [0.4, 0.5) is 0 Å². The maximum absolute atomic E-state index is 12.3. The van der Waals surface area contributed by atoms with E-state index in [2.05, 4.69) is 20.7 Å². The minimum absolute atomic E-state index is 0.00311. The van der Waals surface area contributed by atoms with Crippen LogP contribution in [0.5, 0.6) is 0 Å². The Labute approximate surface area is 161 Å². The molecule has 0 saturated carbocycles. The predicted octanol–water partition coefficient (Wildman–Crippen LogP) is 3.43. The summed E-state index contributed by atoms with van der Waals surface area (Å²) in [4.78, 5) is 13.7. The molecule has 0 atom stereocenters. The Morgan fingerprint density at radius 2 is 1.88 bits per heavy atom. The highest BCUT2D eigenvalue weighted by Gasteiger charge is 2.19. The fourth-order valence-electron chi connectivity index (χ4n) is 2.19. The fourth-order valence-corrected chi connectivity index (χ4v) is 4.26. The molecule has 2 aromatic carbocycles. The molecule has 0 bridgehead atoms. The number of carbonyl (C=O) groups excluding carboxylic acids is 1. The van der Waals surface area contributed by atoms with Crippen LogP contribution in [0.15, 0.2) is 57.9 Å². The van der Waals surface area contributed by atoms with Gasteiger partial charge in [0.25, 0.3) is 0 Å². The smallest absolute Gasteiger partial charge is 0.242 e. The van der Waals surface area contributed by atoms with Gasteiger partial charge in [-0.25, -0.2) is 13.1 Å². The minimum Gasteiger partial charge on any atom is -0.341 e. The summed E-state index contributed by atoms with van der Waals surface area (Å²) in [5.74, 6) is -0.146. The van der Waals surface area contributed by atoms with Crippen molar-refractivity contribution in [2.24, 2.45) is 0 Å². The molecule has 2 rings (SSSR count). The summed E-state index contributed by atoms with van der Waals surface area (Å²) < 4.78 is 27.6. The van der Waals surface area contributed by atoms with Gasteiger partial charge in [0.1, 0.15) is 4.90 Å². The van der Waals surface area contributed by atoms with Gasteiger partial charge in [-0.3, -0.25) is 4.79 Å². The number of hydrogen-bond donors (Lipinski definition) is 1. The van der Waals surface area contributed by atoms with Crippen LogP contribution in [0.2, 0.25) is 5.02 Å². The molecular formula is C17H18BrClN2O3S. The molecule has 0 aliphatic rings. The Bertz CT molecular complexity index is 844. The third kappa shape index (κ3) is 5.81. The Morgan fingerprint density at radius 3 is 2.56 bits per heavy atom. The lowest BCUT2D eigenvalue weighted by Crippen LogP contribution is -2.32. The van der Waals surface area contributed by atoms with E-state index in [0.717, 1.165) is 5.56 Å². The van der Waals surface area contributed by atoms with Crippen molar-refractivity contribution in [3.8, 4) is 0 Å². The number of amides is 1. The number of hydrogen-bond acceptors (Lipinski definition) is 3. The van der Waals surface area contributed by atoms with E-state index in [-0.39, 0.29) is 28.8 Å². The van der Waals surface area contributed by atoms with E-state index >= 15 is 0 Å². The number of nitrogens with one attached hydrogen (secondary N) is 1. The highest BCUT2D eigenvalue weighted by molar-refractivity contribution is 9.10. The van der Waals surface area contributed by atoms with Crippen LogP contribution in [0.3, 0.4) is 0 Å². The normalized spacial score (nSPS) is 11.3. The number of sulfonamides is 1. The summed E-state index contributed by atoms with van der Waals surface area (Å²) in [6.07, 6.45) is 0.0637. The highest BCUT2D eigenvalue weighted by atomic mass is 79.9. The van der Waals surface area contributed by atoms with E-state index in [1.54, 1.807) is 18.0 Å². The Balaban J connectivity index is 1.90. The average Bonchev–Trinajstić information content (AvgIpc) is 2.57. The van der Waals surface area contributed by atoms with Crippen molar-refractivity contribution >= 4 is 43.5 Å². The molecule has 0 unspecified atom stereocenters. The van der Waals surface area contributed by atoms with Gasteiger partial charge in [-0.2, -0.15) is 0 Å². The number of carbonyl (C=O) groups is 1. The third-order valence-corrected chi connectivity index (χ3v) is 5.94. The van der Waals surface area contributed by atoms with Crippen molar-refractivity contribution in [1.82, 2.24) is 9.62 Å². The number of halogens is 2. The molecule has 134 valence electrons. The molecule has 1 N–H and O–H groups in total. The topological polar surface area (TPSA) is 66.5 Å². The van der Waals surface area contributed by atoms with Gasteiger partial charge in [-0.1, -0.05) is 57.9 Å². The summed E-state index contributed by atoms with van der Waals surface area (Å²) >= 11 is 9.17. The van der Waals surface area contributed by atoms with E-state index in [1.807, 2.05) is 30.3 Å². The van der Waals surface area contributed by atoms with Crippen LogP contribution in [0, 0.1) is 0 Å². The monoisotopic (exact) mass is 444 g/mol. The summed E-state index contributed by atoms with van der Waals surface area (Å²) in [7, 11) is -2.09. The number of benzene rings is 2. The molecule has 2 aromatic rings. The SMILES string of the molecule is CN(Cc1ccccc1)C(=O)CCNS(=O)(=O)c1cc(Br)ccc1Cl. The van der Waals surface area contributed by atoms with Crippen molar-refractivity contribution in [3.63, 3.8) is 0 Å². The standard InChI is InChI=1S/C17H18BrClN2O3S/c1-21(12-13-5-3-2-4-6-13)17(22)9-10-20-25(23,24)16-11-14(18)7-8-15(16)19/h2-8,11,20H,9-10,12H2,1H3. The van der Waals surface area contributed by atoms with E-state index < -0.39 is 10.0 Å². The largest absolute Gasteiger partial charge is 0.341 e. The molecule has 5 nitrogen and oxygen atoms in total. The van der Waals surface area contributed by atoms with Gasteiger partial charge in [-0.15, -0.1) is 0 Å². The highest BCUT2D eigenvalue weighted by Crippen LogP contribution is 2.24. The van der Waals surface area contributed by atoms with Crippen molar-refractivity contribution in [1.29, 1.82) is 0 Å². The first-order valence-corrected chi connectivity index (χ1v) is 10.2. The Kier molecular flexibility index (Phi) is 7.01. The first kappa shape index (κ1) is 19.9. The van der Waals surface area contributed by atoms with Crippen molar-refractivity contribution in [2.75, 3.05) is 13.6 Å². The molecule has 8 heteroatoms. The maximum Gasteiger partial charge on any atom is 0.242 e. The Hall–Kier alpha value is -1.41. The second-order valence-corrected chi connectivity index (χ2v) is 8.52. The summed E-state index contributed by atoms with van der Waals surface area (Å²) in [6, 6.07) is 14.2. The molecule has 0 aromatic heterocycles. The van der Waals surface area contributed by atoms with E-state index in [0.29, 0.717) is 11.0 Å². The van der Waals surface area contributed by atoms with Crippen LogP contribution in [0.1, 0.15) is 12.0 Å². The fraction of sp³-hybridized carbons (Fsp3) is 0.235. The molecule has 0 aliphatic carbocycles. The van der Waals surface area contributed by atoms with Crippen LogP contribution in [-0.2, 0) is 21.4 Å². The lowest BCUT2D eigenvalue weighted by molar-refractivity contribution is -0.130. The molecule has 0 heterocycles. The molecule has 1 amide bonds. The lowest BCUT2D eigenvalue weighted by Gasteiger charge is -2.17. The van der Waals surface area contributed by atoms with Gasteiger partial charge < -0.3 is 4.90 Å². The van der Waals surface area contributed by atoms with E-state index in [9.17, 15) is 13.2 Å². The minimum atomic E-state index is -3.78. The lowest BCUT2D eigenvalue weighted by atomic mass is 10.2. The zero-order valence-electron chi connectivity index (χ0n) is 13.6. The number of nitrogens with zero attached hydrogens (tertiary/aromatic N) is 1. The molecule has 0 fully saturated rings. The summed E-state index contributed by atoms with van der Waals surface area (Å²) in [6.45, 7) is 0.479. The van der Waals surface area contributed by atoms with Crippen LogP contribution < -0.4 is 4.72 Å². The first-order chi connectivity index (χ1) is 11.8. The molecule has 0 saturated heterocycles. The molecule has 0 aliphatic heterocycles. The van der Waals surface area contributed by atoms with Gasteiger partial charge in [0.05, 0.1) is 5.02 Å². The van der Waals surface area contributed by atoms with Gasteiger partial charge in [-0.05, 0) is 23.8 Å². The molecule has 25 heavy (non-hydrogen) atoms. The number of rotatable bonds is 7. The van der Waals surface area contributed by atoms with Gasteiger partial charge in [0, 0.05) is 31.0 Å². The maximum atomic E-state index is 12.3. The van der Waals surface area contributed by atoms with Crippen molar-refractivity contribution in [3.05, 3.63) is 63.6 Å². The quantitative estimate of drug-likeness (QED) is 0.710. The van der Waals surface area contributed by atoms with Crippen LogP contribution in [0.25, 0.3) is 0 Å². The average molecular weight is 446 g/mol. The second-order valence-electron chi connectivity index (χ2n) is 5.46. The predicted molar refractivity (Wildman–Crippen MR) is 102 cm³/mol. The third-order valence-electron chi connectivity index (χ3n) is 3.50.